The molecule has 1 atom stereocenters. The summed E-state index contributed by atoms with van der Waals surface area (Å²) in [6.07, 6.45) is 8.23. The quantitative estimate of drug-likeness (QED) is 0.402. The van der Waals surface area contributed by atoms with Crippen molar-refractivity contribution in [2.75, 3.05) is 11.5 Å². The molecule has 0 aliphatic rings. The summed E-state index contributed by atoms with van der Waals surface area (Å²) in [6, 6.07) is 5.70. The molecule has 1 aromatic carbocycles. The van der Waals surface area contributed by atoms with Gasteiger partial charge in [0.15, 0.2) is 0 Å². The van der Waals surface area contributed by atoms with Gasteiger partial charge in [-0.3, -0.25) is 0 Å². The molecule has 0 amide bonds. The standard InChI is InChI=1S/C16H20Cl2N2S2/c1-2-3-8-21-14(10-20-7-6-19-12-20)11-22-16-5-4-13(17)9-15(16)18/h4-7,9,12,14H,2-3,8,10-11H2,1H3. The summed E-state index contributed by atoms with van der Waals surface area (Å²) in [5, 5.41) is 1.96. The van der Waals surface area contributed by atoms with Crippen LogP contribution in [0.1, 0.15) is 19.8 Å². The maximum Gasteiger partial charge on any atom is 0.0946 e. The highest BCUT2D eigenvalue weighted by Gasteiger charge is 2.12. The van der Waals surface area contributed by atoms with E-state index in [1.807, 2.05) is 42.6 Å². The molecule has 0 saturated heterocycles. The normalized spacial score (nSPS) is 12.5. The van der Waals surface area contributed by atoms with Gasteiger partial charge in [0.2, 0.25) is 0 Å². The smallest absolute Gasteiger partial charge is 0.0946 e. The van der Waals surface area contributed by atoms with Gasteiger partial charge in [0.05, 0.1) is 11.3 Å². The number of hydrogen-bond donors (Lipinski definition) is 0. The third-order valence-electron chi connectivity index (χ3n) is 3.14. The summed E-state index contributed by atoms with van der Waals surface area (Å²) in [4.78, 5) is 5.22. The Bertz CT molecular complexity index is 561. The molecule has 0 spiro atoms. The van der Waals surface area contributed by atoms with Crippen LogP contribution in [-0.2, 0) is 6.54 Å². The third kappa shape index (κ3) is 6.07. The van der Waals surface area contributed by atoms with Gasteiger partial charge in [0.25, 0.3) is 0 Å². The Hall–Kier alpha value is -0.290. The van der Waals surface area contributed by atoms with E-state index < -0.39 is 0 Å². The molecule has 2 aromatic rings. The fourth-order valence-corrected chi connectivity index (χ4v) is 5.01. The minimum absolute atomic E-state index is 0.539. The Balaban J connectivity index is 1.92. The summed E-state index contributed by atoms with van der Waals surface area (Å²) >= 11 is 16.0. The van der Waals surface area contributed by atoms with Crippen molar-refractivity contribution in [3.63, 3.8) is 0 Å². The van der Waals surface area contributed by atoms with Crippen molar-refractivity contribution >= 4 is 46.7 Å². The zero-order valence-electron chi connectivity index (χ0n) is 12.5. The minimum Gasteiger partial charge on any atom is -0.336 e. The first-order chi connectivity index (χ1) is 10.7. The lowest BCUT2D eigenvalue weighted by Gasteiger charge is -2.17. The Morgan fingerprint density at radius 2 is 2.18 bits per heavy atom. The first-order valence-electron chi connectivity index (χ1n) is 7.34. The lowest BCUT2D eigenvalue weighted by atomic mass is 10.4. The van der Waals surface area contributed by atoms with Gasteiger partial charge >= 0.3 is 0 Å². The van der Waals surface area contributed by atoms with Crippen molar-refractivity contribution in [2.45, 2.75) is 36.5 Å². The van der Waals surface area contributed by atoms with Gasteiger partial charge in [-0.05, 0) is 30.4 Å². The monoisotopic (exact) mass is 374 g/mol. The van der Waals surface area contributed by atoms with Crippen LogP contribution in [0, 0.1) is 0 Å². The van der Waals surface area contributed by atoms with Crippen molar-refractivity contribution in [1.82, 2.24) is 9.55 Å². The molecule has 0 saturated carbocycles. The molecular formula is C16H20Cl2N2S2. The van der Waals surface area contributed by atoms with Crippen molar-refractivity contribution < 1.29 is 0 Å². The molecule has 6 heteroatoms. The lowest BCUT2D eigenvalue weighted by Crippen LogP contribution is -2.15. The van der Waals surface area contributed by atoms with Gasteiger partial charge in [-0.15, -0.1) is 11.8 Å². The largest absolute Gasteiger partial charge is 0.336 e. The van der Waals surface area contributed by atoms with Gasteiger partial charge in [0, 0.05) is 39.9 Å². The number of halogens is 2. The van der Waals surface area contributed by atoms with Crippen LogP contribution in [0.5, 0.6) is 0 Å². The summed E-state index contributed by atoms with van der Waals surface area (Å²) in [6.45, 7) is 3.21. The van der Waals surface area contributed by atoms with E-state index in [2.05, 4.69) is 16.5 Å². The average molecular weight is 375 g/mol. The van der Waals surface area contributed by atoms with Crippen molar-refractivity contribution in [3.05, 3.63) is 47.0 Å². The predicted octanol–water partition coefficient (Wildman–Crippen LogP) is 5.88. The number of aromatic nitrogens is 2. The van der Waals surface area contributed by atoms with Crippen molar-refractivity contribution in [2.24, 2.45) is 0 Å². The highest BCUT2D eigenvalue weighted by Crippen LogP contribution is 2.32. The molecule has 0 radical (unpaired) electrons. The van der Waals surface area contributed by atoms with Gasteiger partial charge in [0.1, 0.15) is 0 Å². The van der Waals surface area contributed by atoms with Crippen molar-refractivity contribution in [3.8, 4) is 0 Å². The van der Waals surface area contributed by atoms with Crippen LogP contribution < -0.4 is 0 Å². The van der Waals surface area contributed by atoms with Gasteiger partial charge in [-0.1, -0.05) is 36.5 Å². The Labute approximate surface area is 151 Å². The Morgan fingerprint density at radius 1 is 1.32 bits per heavy atom. The molecule has 22 heavy (non-hydrogen) atoms. The van der Waals surface area contributed by atoms with Crippen LogP contribution in [0.4, 0.5) is 0 Å². The summed E-state index contributed by atoms with van der Waals surface area (Å²) < 4.78 is 2.15. The number of hydrogen-bond acceptors (Lipinski definition) is 3. The topological polar surface area (TPSA) is 17.8 Å². The first kappa shape index (κ1) is 18.1. The molecular weight excluding hydrogens is 355 g/mol. The lowest BCUT2D eigenvalue weighted by molar-refractivity contribution is 0.694. The fourth-order valence-electron chi connectivity index (χ4n) is 1.95. The van der Waals surface area contributed by atoms with Crippen LogP contribution in [0.2, 0.25) is 10.0 Å². The Morgan fingerprint density at radius 3 is 2.86 bits per heavy atom. The van der Waals surface area contributed by atoms with Crippen LogP contribution in [0.15, 0.2) is 41.8 Å². The molecule has 2 rings (SSSR count). The highest BCUT2D eigenvalue weighted by molar-refractivity contribution is 8.03. The summed E-state index contributed by atoms with van der Waals surface area (Å²) in [7, 11) is 0. The van der Waals surface area contributed by atoms with E-state index in [0.29, 0.717) is 10.3 Å². The van der Waals surface area contributed by atoms with E-state index >= 15 is 0 Å². The number of benzene rings is 1. The molecule has 0 aliphatic carbocycles. The summed E-state index contributed by atoms with van der Waals surface area (Å²) in [5.74, 6) is 2.22. The zero-order valence-corrected chi connectivity index (χ0v) is 15.7. The molecule has 120 valence electrons. The minimum atomic E-state index is 0.539. The number of rotatable bonds is 9. The first-order valence-corrected chi connectivity index (χ1v) is 10.1. The van der Waals surface area contributed by atoms with E-state index in [9.17, 15) is 0 Å². The van der Waals surface area contributed by atoms with Crippen molar-refractivity contribution in [1.29, 1.82) is 0 Å². The van der Waals surface area contributed by atoms with Gasteiger partial charge < -0.3 is 4.57 Å². The van der Waals surface area contributed by atoms with E-state index in [1.165, 1.54) is 18.6 Å². The summed E-state index contributed by atoms with van der Waals surface area (Å²) in [5.41, 5.74) is 0. The number of thioether (sulfide) groups is 2. The molecule has 1 aromatic heterocycles. The average Bonchev–Trinajstić information content (AvgIpc) is 2.99. The van der Waals surface area contributed by atoms with E-state index in [-0.39, 0.29) is 0 Å². The van der Waals surface area contributed by atoms with Gasteiger partial charge in [-0.2, -0.15) is 11.8 Å². The number of imidazole rings is 1. The second-order valence-electron chi connectivity index (χ2n) is 4.99. The van der Waals surface area contributed by atoms with Crippen LogP contribution in [-0.4, -0.2) is 26.3 Å². The van der Waals surface area contributed by atoms with E-state index in [0.717, 1.165) is 22.2 Å². The predicted molar refractivity (Wildman–Crippen MR) is 101 cm³/mol. The number of nitrogens with zero attached hydrogens (tertiary/aromatic N) is 2. The molecule has 1 unspecified atom stereocenters. The highest BCUT2D eigenvalue weighted by atomic mass is 35.5. The maximum atomic E-state index is 6.26. The van der Waals surface area contributed by atoms with Gasteiger partial charge in [-0.25, -0.2) is 4.98 Å². The SMILES string of the molecule is CCCCSC(CSc1ccc(Cl)cc1Cl)Cn1ccnc1. The Kier molecular flexibility index (Phi) is 8.01. The van der Waals surface area contributed by atoms with E-state index in [4.69, 9.17) is 23.2 Å². The maximum absolute atomic E-state index is 6.26. The molecule has 1 heterocycles. The molecule has 0 aliphatic heterocycles. The molecule has 0 N–H and O–H groups in total. The third-order valence-corrected chi connectivity index (χ3v) is 6.56. The molecule has 0 fully saturated rings. The fraction of sp³-hybridized carbons (Fsp3) is 0.438. The van der Waals surface area contributed by atoms with E-state index in [1.54, 1.807) is 17.8 Å². The molecule has 0 bridgehead atoms. The second-order valence-corrected chi connectivity index (χ2v) is 8.31. The number of unbranched alkanes of at least 4 members (excludes halogenated alkanes) is 1. The van der Waals surface area contributed by atoms with Crippen LogP contribution in [0.25, 0.3) is 0 Å². The second kappa shape index (κ2) is 9.76. The molecule has 2 nitrogen and oxygen atoms in total. The van der Waals surface area contributed by atoms with Crippen LogP contribution >= 0.6 is 46.7 Å². The zero-order chi connectivity index (χ0) is 15.8. The van der Waals surface area contributed by atoms with Crippen LogP contribution in [0.3, 0.4) is 0 Å².